The first-order valence-electron chi connectivity index (χ1n) is 11.4. The van der Waals surface area contributed by atoms with Crippen molar-refractivity contribution in [3.05, 3.63) is 83.8 Å². The van der Waals surface area contributed by atoms with Gasteiger partial charge in [-0.05, 0) is 67.6 Å². The van der Waals surface area contributed by atoms with Crippen molar-refractivity contribution in [1.82, 2.24) is 4.98 Å². The molecule has 1 aromatic heterocycles. The van der Waals surface area contributed by atoms with Crippen molar-refractivity contribution in [1.29, 1.82) is 0 Å². The monoisotopic (exact) mass is 495 g/mol. The number of hydrogen-bond acceptors (Lipinski definition) is 5. The Balaban J connectivity index is 1.39. The first kappa shape index (κ1) is 24.5. The van der Waals surface area contributed by atoms with E-state index in [2.05, 4.69) is 10.3 Å². The van der Waals surface area contributed by atoms with Crippen LogP contribution in [0.3, 0.4) is 0 Å². The van der Waals surface area contributed by atoms with E-state index in [1.54, 1.807) is 37.3 Å². The Morgan fingerprint density at radius 2 is 1.83 bits per heavy atom. The fourth-order valence-corrected chi connectivity index (χ4v) is 5.35. The van der Waals surface area contributed by atoms with Gasteiger partial charge in [0.05, 0.1) is 17.7 Å². The van der Waals surface area contributed by atoms with Gasteiger partial charge in [0.2, 0.25) is 5.91 Å². The standard InChI is InChI=1S/C26H26FN3O4S/c1-2-30(21-6-4-3-5-7-21)26(32)22-12-11-20(15-23(22)27)29-24(31)14-19-10-13-25(28-16-19)35(33,34)17-18-8-9-18/h3-7,10-13,15-16,18H,2,8-9,14,17H2,1H3,(H,29,31). The predicted octanol–water partition coefficient (Wildman–Crippen LogP) is 4.25. The van der Waals surface area contributed by atoms with Gasteiger partial charge in [-0.15, -0.1) is 0 Å². The maximum absolute atomic E-state index is 14.8. The Labute approximate surface area is 203 Å². The molecule has 1 N–H and O–H groups in total. The van der Waals surface area contributed by atoms with Crippen LogP contribution >= 0.6 is 0 Å². The molecule has 1 saturated carbocycles. The molecule has 7 nitrogen and oxygen atoms in total. The van der Waals surface area contributed by atoms with Gasteiger partial charge in [0, 0.05) is 24.1 Å². The van der Waals surface area contributed by atoms with Crippen LogP contribution in [-0.2, 0) is 21.1 Å². The van der Waals surface area contributed by atoms with E-state index in [1.807, 2.05) is 6.07 Å². The van der Waals surface area contributed by atoms with Gasteiger partial charge >= 0.3 is 0 Å². The molecule has 0 unspecified atom stereocenters. The molecule has 1 heterocycles. The van der Waals surface area contributed by atoms with Gasteiger partial charge < -0.3 is 10.2 Å². The van der Waals surface area contributed by atoms with Crippen molar-refractivity contribution in [2.75, 3.05) is 22.5 Å². The van der Waals surface area contributed by atoms with E-state index in [4.69, 9.17) is 0 Å². The number of nitrogens with zero attached hydrogens (tertiary/aromatic N) is 2. The Morgan fingerprint density at radius 1 is 1.09 bits per heavy atom. The fourth-order valence-electron chi connectivity index (χ4n) is 3.73. The number of carbonyl (C=O) groups excluding carboxylic acids is 2. The van der Waals surface area contributed by atoms with Crippen LogP contribution in [0.25, 0.3) is 0 Å². The van der Waals surface area contributed by atoms with E-state index in [1.165, 1.54) is 29.3 Å². The third-order valence-corrected chi connectivity index (χ3v) is 7.53. The minimum atomic E-state index is -3.42. The lowest BCUT2D eigenvalue weighted by Gasteiger charge is -2.21. The first-order chi connectivity index (χ1) is 16.8. The van der Waals surface area contributed by atoms with E-state index in [9.17, 15) is 22.4 Å². The van der Waals surface area contributed by atoms with Crippen molar-refractivity contribution in [2.24, 2.45) is 5.92 Å². The lowest BCUT2D eigenvalue weighted by Crippen LogP contribution is -2.31. The second kappa shape index (κ2) is 10.4. The van der Waals surface area contributed by atoms with E-state index in [0.29, 0.717) is 17.8 Å². The molecule has 0 saturated heterocycles. The third-order valence-electron chi connectivity index (χ3n) is 5.75. The Hall–Kier alpha value is -3.59. The zero-order valence-corrected chi connectivity index (χ0v) is 20.1. The number of benzene rings is 2. The summed E-state index contributed by atoms with van der Waals surface area (Å²) in [5.74, 6) is -1.31. The van der Waals surface area contributed by atoms with Crippen molar-refractivity contribution in [2.45, 2.75) is 31.2 Å². The predicted molar refractivity (Wildman–Crippen MR) is 132 cm³/mol. The van der Waals surface area contributed by atoms with Crippen LogP contribution < -0.4 is 10.2 Å². The summed E-state index contributed by atoms with van der Waals surface area (Å²) in [6.45, 7) is 2.18. The van der Waals surface area contributed by atoms with Crippen molar-refractivity contribution >= 4 is 33.0 Å². The maximum atomic E-state index is 14.8. The highest BCUT2D eigenvalue weighted by Crippen LogP contribution is 2.31. The number of para-hydroxylation sites is 1. The number of nitrogens with one attached hydrogen (secondary N) is 1. The summed E-state index contributed by atoms with van der Waals surface area (Å²) >= 11 is 0. The highest BCUT2D eigenvalue weighted by molar-refractivity contribution is 7.91. The van der Waals surface area contributed by atoms with Crippen molar-refractivity contribution in [3.8, 4) is 0 Å². The van der Waals surface area contributed by atoms with E-state index >= 15 is 0 Å². The van der Waals surface area contributed by atoms with Gasteiger partial charge in [0.15, 0.2) is 14.9 Å². The molecule has 1 aliphatic carbocycles. The number of aromatic nitrogens is 1. The summed E-state index contributed by atoms with van der Waals surface area (Å²) in [6, 6.07) is 15.9. The second-order valence-corrected chi connectivity index (χ2v) is 10.5. The number of pyridine rings is 1. The largest absolute Gasteiger partial charge is 0.326 e. The number of rotatable bonds is 9. The topological polar surface area (TPSA) is 96.4 Å². The Bertz CT molecular complexity index is 1320. The number of amides is 2. The molecular formula is C26H26FN3O4S. The molecule has 3 aromatic rings. The summed E-state index contributed by atoms with van der Waals surface area (Å²) in [7, 11) is -3.42. The summed E-state index contributed by atoms with van der Waals surface area (Å²) in [6.07, 6.45) is 3.16. The number of sulfone groups is 1. The van der Waals surface area contributed by atoms with Crippen molar-refractivity contribution in [3.63, 3.8) is 0 Å². The summed E-state index contributed by atoms with van der Waals surface area (Å²) in [5.41, 5.74) is 1.31. The summed E-state index contributed by atoms with van der Waals surface area (Å²) < 4.78 is 39.4. The lowest BCUT2D eigenvalue weighted by atomic mass is 10.1. The zero-order chi connectivity index (χ0) is 25.0. The van der Waals surface area contributed by atoms with Crippen LogP contribution in [0.1, 0.15) is 35.7 Å². The Morgan fingerprint density at radius 3 is 2.43 bits per heavy atom. The minimum absolute atomic E-state index is 0.00695. The lowest BCUT2D eigenvalue weighted by molar-refractivity contribution is -0.115. The molecular weight excluding hydrogens is 469 g/mol. The van der Waals surface area contributed by atoms with Crippen LogP contribution in [0.5, 0.6) is 0 Å². The molecule has 0 atom stereocenters. The van der Waals surface area contributed by atoms with Crippen molar-refractivity contribution < 1.29 is 22.4 Å². The quantitative estimate of drug-likeness (QED) is 0.479. The molecule has 1 fully saturated rings. The molecule has 0 spiro atoms. The third kappa shape index (κ3) is 6.10. The van der Waals surface area contributed by atoms with Gasteiger partial charge in [0.1, 0.15) is 5.82 Å². The minimum Gasteiger partial charge on any atom is -0.326 e. The van der Waals surface area contributed by atoms with E-state index in [0.717, 1.165) is 18.9 Å². The number of hydrogen-bond donors (Lipinski definition) is 1. The highest BCUT2D eigenvalue weighted by Gasteiger charge is 2.29. The van der Waals surface area contributed by atoms with Gasteiger partial charge in [-0.3, -0.25) is 9.59 Å². The van der Waals surface area contributed by atoms with Crippen LogP contribution in [-0.4, -0.2) is 37.5 Å². The summed E-state index contributed by atoms with van der Waals surface area (Å²) in [4.78, 5) is 30.8. The van der Waals surface area contributed by atoms with Gasteiger partial charge in [-0.1, -0.05) is 24.3 Å². The van der Waals surface area contributed by atoms with Crippen LogP contribution in [0.2, 0.25) is 0 Å². The molecule has 4 rings (SSSR count). The SMILES string of the molecule is CCN(C(=O)c1ccc(NC(=O)Cc2ccc(S(=O)(=O)CC3CC3)nc2)cc1F)c1ccccc1. The highest BCUT2D eigenvalue weighted by atomic mass is 32.2. The van der Waals surface area contributed by atoms with Gasteiger partial charge in [-0.25, -0.2) is 17.8 Å². The molecule has 2 aromatic carbocycles. The number of carbonyl (C=O) groups is 2. The van der Waals surface area contributed by atoms with Gasteiger partial charge in [-0.2, -0.15) is 0 Å². The van der Waals surface area contributed by atoms with Crippen LogP contribution in [0.4, 0.5) is 15.8 Å². The molecule has 35 heavy (non-hydrogen) atoms. The second-order valence-electron chi connectivity index (χ2n) is 8.53. The smallest absolute Gasteiger partial charge is 0.261 e. The summed E-state index contributed by atoms with van der Waals surface area (Å²) in [5, 5.41) is 2.61. The molecule has 9 heteroatoms. The van der Waals surface area contributed by atoms with Crippen LogP contribution in [0, 0.1) is 11.7 Å². The molecule has 0 aliphatic heterocycles. The van der Waals surface area contributed by atoms with Crippen LogP contribution in [0.15, 0.2) is 71.9 Å². The Kier molecular flexibility index (Phi) is 7.25. The number of anilines is 2. The maximum Gasteiger partial charge on any atom is 0.261 e. The normalized spacial score (nSPS) is 13.3. The molecule has 0 bridgehead atoms. The molecule has 0 radical (unpaired) electrons. The zero-order valence-electron chi connectivity index (χ0n) is 19.3. The molecule has 2 amide bonds. The van der Waals surface area contributed by atoms with E-state index < -0.39 is 27.5 Å². The average Bonchev–Trinajstić information content (AvgIpc) is 3.64. The molecule has 1 aliphatic rings. The average molecular weight is 496 g/mol. The molecule has 182 valence electrons. The van der Waals surface area contributed by atoms with Gasteiger partial charge in [0.25, 0.3) is 5.91 Å². The number of halogens is 1. The fraction of sp³-hybridized carbons (Fsp3) is 0.269. The first-order valence-corrected chi connectivity index (χ1v) is 13.1. The van der Waals surface area contributed by atoms with E-state index in [-0.39, 0.29) is 34.4 Å².